The van der Waals surface area contributed by atoms with Gasteiger partial charge in [-0.15, -0.1) is 0 Å². The average Bonchev–Trinajstić information content (AvgIpc) is 0.886. The maximum atomic E-state index is 14.4. The molecule has 2 fully saturated rings. The summed E-state index contributed by atoms with van der Waals surface area (Å²) in [5.41, 5.74) is 4.37. The van der Waals surface area contributed by atoms with Crippen molar-refractivity contribution < 1.29 is 57.3 Å². The minimum absolute atomic E-state index is 0.0140. The predicted molar refractivity (Wildman–Crippen MR) is 349 cm³/mol. The number of rotatable bonds is 37. The monoisotopic (exact) mass is 1240 g/mol. The first-order valence-electron chi connectivity index (χ1n) is 31.6. The first-order chi connectivity index (χ1) is 43.3. The number of Topliss-reactive ketones (excluding diaryl/α,β-unsaturated/α-hetero) is 2. The number of carbonyl (C=O) groups excluding carboxylic acids is 8. The molecular weight excluding hydrogens is 1140 g/mol. The Morgan fingerprint density at radius 3 is 1.07 bits per heavy atom. The first kappa shape index (κ1) is 71.0. The smallest absolute Gasteiger partial charge is 0.330 e. The van der Waals surface area contributed by atoms with E-state index in [1.807, 2.05) is 125 Å². The zero-order valence-electron chi connectivity index (χ0n) is 53.8. The second-order valence-electron chi connectivity index (χ2n) is 23.3. The van der Waals surface area contributed by atoms with E-state index in [-0.39, 0.29) is 74.8 Å². The second-order valence-corrected chi connectivity index (χ2v) is 23.3. The molecule has 2 heterocycles. The minimum Gasteiger partial charge on any atom is -0.466 e. The molecule has 4 aromatic carbocycles. The van der Waals surface area contributed by atoms with Crippen molar-refractivity contribution in [1.82, 2.24) is 30.2 Å². The third kappa shape index (κ3) is 20.8. The quantitative estimate of drug-likeness (QED) is 0.0149. The molecule has 0 aliphatic carbocycles. The third-order valence-corrected chi connectivity index (χ3v) is 17.3. The fourth-order valence-electron chi connectivity index (χ4n) is 11.4. The lowest BCUT2D eigenvalue weighted by Gasteiger charge is -2.38. The van der Waals surface area contributed by atoms with E-state index in [4.69, 9.17) is 18.9 Å². The summed E-state index contributed by atoms with van der Waals surface area (Å²) >= 11 is 0. The van der Waals surface area contributed by atoms with Gasteiger partial charge in [-0.05, 0) is 163 Å². The molecule has 2 amide bonds. The average molecular weight is 1240 g/mol. The summed E-state index contributed by atoms with van der Waals surface area (Å²) in [4.78, 5) is 115. The van der Waals surface area contributed by atoms with Gasteiger partial charge in [-0.2, -0.15) is 0 Å². The number of amides is 2. The lowest BCUT2D eigenvalue weighted by molar-refractivity contribution is -0.145. The highest BCUT2D eigenvalue weighted by Gasteiger charge is 2.41. The molecule has 2 saturated heterocycles. The number of piperazine rings is 2. The molecule has 90 heavy (non-hydrogen) atoms. The number of nitrogens with one attached hydrogen (secondary N) is 2. The molecule has 2 aliphatic rings. The van der Waals surface area contributed by atoms with Gasteiger partial charge in [0.05, 0.1) is 50.3 Å². The number of ketones is 2. The third-order valence-electron chi connectivity index (χ3n) is 17.3. The van der Waals surface area contributed by atoms with Crippen LogP contribution in [0.5, 0.6) is 0 Å². The molecule has 6 rings (SSSR count). The summed E-state index contributed by atoms with van der Waals surface area (Å²) in [6.07, 6.45) is 7.30. The van der Waals surface area contributed by atoms with Crippen LogP contribution in [0.25, 0.3) is 0 Å². The number of esters is 4. The molecule has 2 unspecified atom stereocenters. The lowest BCUT2D eigenvalue weighted by atomic mass is 9.80. The van der Waals surface area contributed by atoms with Gasteiger partial charge in [-0.1, -0.05) is 51.3 Å². The van der Waals surface area contributed by atoms with Gasteiger partial charge >= 0.3 is 23.9 Å². The first-order valence-corrected chi connectivity index (χ1v) is 31.6. The Morgan fingerprint density at radius 1 is 0.456 bits per heavy atom. The number of likely N-dealkylation sites (N-methyl/N-ethyl adjacent to an activating group) is 2. The molecule has 0 radical (unpaired) electrons. The normalized spacial score (nSPS) is 15.0. The van der Waals surface area contributed by atoms with Crippen LogP contribution in [0.1, 0.15) is 118 Å². The highest BCUT2D eigenvalue weighted by molar-refractivity contribution is 6.04. The number of unbranched alkanes of at least 4 members (excludes halogenated alkanes) is 2. The van der Waals surface area contributed by atoms with Crippen molar-refractivity contribution in [1.29, 1.82) is 0 Å². The van der Waals surface area contributed by atoms with Crippen LogP contribution in [0.15, 0.2) is 122 Å². The van der Waals surface area contributed by atoms with Crippen LogP contribution in [0, 0.1) is 0 Å². The molecule has 0 aromatic heterocycles. The summed E-state index contributed by atoms with van der Waals surface area (Å²) < 4.78 is 20.6. The number of anilines is 2. The van der Waals surface area contributed by atoms with Crippen molar-refractivity contribution >= 4 is 58.6 Å². The van der Waals surface area contributed by atoms with Crippen LogP contribution in [0.4, 0.5) is 11.4 Å². The van der Waals surface area contributed by atoms with E-state index in [0.717, 1.165) is 87.0 Å². The Bertz CT molecular complexity index is 2810. The summed E-state index contributed by atoms with van der Waals surface area (Å²) in [6.45, 7) is 19.8. The van der Waals surface area contributed by atoms with Crippen molar-refractivity contribution in [2.75, 3.05) is 143 Å². The molecule has 2 aliphatic heterocycles. The van der Waals surface area contributed by atoms with Crippen molar-refractivity contribution in [2.24, 2.45) is 0 Å². The standard InChI is InChI=1S/C70H94N8O12/c1-9-61(79)87-47-13-15-49-89-63(81)33-37-75-39-43-77(44-40-75)59-29-25-55(26-30-59)65(83)69(11-3,73(5)6)51-53-17-21-57(22-18-53)67(85)71-35-36-72-68(86)58-23-19-54(20-24-58)52-70(12-4,74(7)8)66(84)56-27-31-60(32-28-56)78-45-41-76(42-46-78)38-34-64(82)90-50-16-14-48-88-62(80)10-2/h9-10,17-32H,1-2,11-16,33-52H2,3-8H3,(H,71,85)(H,72,86). The zero-order chi connectivity index (χ0) is 65.1. The number of benzene rings is 4. The maximum Gasteiger partial charge on any atom is 0.330 e. The molecule has 2 N–H and O–H groups in total. The van der Waals surface area contributed by atoms with E-state index in [2.05, 4.69) is 43.4 Å². The van der Waals surface area contributed by atoms with Crippen LogP contribution >= 0.6 is 0 Å². The Hall–Kier alpha value is -8.04. The SMILES string of the molecule is C=CC(=O)OCCCCOC(=O)CCN1CCN(c2ccc(C(=O)C(CC)(Cc3ccc(C(=O)NCCNC(=O)c4ccc(CC(CC)(C(=O)c5ccc(N6CCN(CCC(=O)OCCCCOC(=O)C=C)CC6)cc5)N(C)C)cc4)cc3)N(C)C)cc2)CC1. The fourth-order valence-corrected chi connectivity index (χ4v) is 11.4. The van der Waals surface area contributed by atoms with Gasteiger partial charge in [0, 0.05) is 124 Å². The molecule has 2 atom stereocenters. The Labute approximate surface area is 531 Å². The number of carbonyl (C=O) groups is 8. The van der Waals surface area contributed by atoms with E-state index >= 15 is 0 Å². The van der Waals surface area contributed by atoms with Crippen molar-refractivity contribution in [3.05, 3.63) is 156 Å². The lowest BCUT2D eigenvalue weighted by Crippen LogP contribution is -2.52. The minimum atomic E-state index is -0.836. The van der Waals surface area contributed by atoms with Crippen LogP contribution < -0.4 is 20.4 Å². The van der Waals surface area contributed by atoms with Crippen LogP contribution in [0.2, 0.25) is 0 Å². The summed E-state index contributed by atoms with van der Waals surface area (Å²) in [7, 11) is 7.69. The van der Waals surface area contributed by atoms with Gasteiger partial charge < -0.3 is 39.4 Å². The Morgan fingerprint density at radius 2 is 0.767 bits per heavy atom. The molecule has 486 valence electrons. The Kier molecular flexibility index (Phi) is 28.4. The van der Waals surface area contributed by atoms with Crippen molar-refractivity contribution in [3.8, 4) is 0 Å². The van der Waals surface area contributed by atoms with Gasteiger partial charge in [-0.3, -0.25) is 48.4 Å². The fraction of sp³-hybridized carbons (Fsp3) is 0.486. The largest absolute Gasteiger partial charge is 0.466 e. The van der Waals surface area contributed by atoms with Crippen LogP contribution in [-0.2, 0) is 51.0 Å². The van der Waals surface area contributed by atoms with Crippen molar-refractivity contribution in [2.45, 2.75) is 89.1 Å². The number of hydrogen-bond donors (Lipinski definition) is 2. The molecule has 20 heteroatoms. The van der Waals surface area contributed by atoms with Gasteiger partial charge in [0.25, 0.3) is 11.8 Å². The molecule has 4 aromatic rings. The zero-order valence-corrected chi connectivity index (χ0v) is 53.8. The molecule has 0 bridgehead atoms. The summed E-state index contributed by atoms with van der Waals surface area (Å²) in [6, 6.07) is 30.2. The van der Waals surface area contributed by atoms with E-state index < -0.39 is 23.0 Å². The molecular formula is C70H94N8O12. The van der Waals surface area contributed by atoms with Crippen LogP contribution in [-0.4, -0.2) is 211 Å². The van der Waals surface area contributed by atoms with E-state index in [1.54, 1.807) is 24.3 Å². The van der Waals surface area contributed by atoms with Gasteiger partial charge in [0.15, 0.2) is 11.6 Å². The van der Waals surface area contributed by atoms with Gasteiger partial charge in [0.2, 0.25) is 0 Å². The number of hydrogen-bond acceptors (Lipinski definition) is 18. The number of nitrogens with zero attached hydrogens (tertiary/aromatic N) is 6. The van der Waals surface area contributed by atoms with E-state index in [9.17, 15) is 38.4 Å². The van der Waals surface area contributed by atoms with Gasteiger partial charge in [-0.25, -0.2) is 9.59 Å². The van der Waals surface area contributed by atoms with Gasteiger partial charge in [0.1, 0.15) is 0 Å². The molecule has 0 saturated carbocycles. The molecule has 0 spiro atoms. The predicted octanol–water partition coefficient (Wildman–Crippen LogP) is 7.25. The van der Waals surface area contributed by atoms with Crippen molar-refractivity contribution in [3.63, 3.8) is 0 Å². The molecule has 20 nitrogen and oxygen atoms in total. The highest BCUT2D eigenvalue weighted by atomic mass is 16.5. The number of ether oxygens (including phenoxy) is 4. The Balaban J connectivity index is 0.901. The van der Waals surface area contributed by atoms with Crippen LogP contribution in [0.3, 0.4) is 0 Å². The summed E-state index contributed by atoms with van der Waals surface area (Å²) in [5.74, 6) is -1.95. The maximum absolute atomic E-state index is 14.4. The summed E-state index contributed by atoms with van der Waals surface area (Å²) in [5, 5.41) is 5.80. The van der Waals surface area contributed by atoms with E-state index in [0.29, 0.717) is 99.6 Å². The van der Waals surface area contributed by atoms with E-state index in [1.165, 1.54) is 0 Å². The second kappa shape index (κ2) is 36.0. The topological polar surface area (TPSA) is 217 Å². The highest BCUT2D eigenvalue weighted by Crippen LogP contribution is 2.31.